The molecule has 1 heterocycles. The molecule has 0 aromatic heterocycles. The first-order chi connectivity index (χ1) is 11.3. The fourth-order valence-electron chi connectivity index (χ4n) is 2.78. The van der Waals surface area contributed by atoms with Crippen LogP contribution in [-0.2, 0) is 0 Å². The van der Waals surface area contributed by atoms with Crippen LogP contribution in [-0.4, -0.2) is 4.98 Å². The van der Waals surface area contributed by atoms with E-state index in [1.807, 2.05) is 48.5 Å². The summed E-state index contributed by atoms with van der Waals surface area (Å²) in [6.45, 7) is 0. The largest absolute Gasteiger partial charge is 0.339 e. The van der Waals surface area contributed by atoms with Gasteiger partial charge in [0.15, 0.2) is 0 Å². The van der Waals surface area contributed by atoms with Crippen LogP contribution < -0.4 is 5.32 Å². The van der Waals surface area contributed by atoms with E-state index in [9.17, 15) is 5.26 Å². The molecule has 1 aliphatic heterocycles. The van der Waals surface area contributed by atoms with Gasteiger partial charge in [0.05, 0.1) is 5.69 Å². The van der Waals surface area contributed by atoms with Gasteiger partial charge in [0.25, 0.3) is 0 Å². The van der Waals surface area contributed by atoms with Gasteiger partial charge in [0, 0.05) is 11.3 Å². The zero-order valence-corrected chi connectivity index (χ0v) is 12.3. The maximum atomic E-state index is 9.51. The maximum absolute atomic E-state index is 9.51. The molecule has 0 aromatic carbocycles. The summed E-state index contributed by atoms with van der Waals surface area (Å²) in [6.07, 6.45) is 0. The Labute approximate surface area is 134 Å². The third-order valence-electron chi connectivity index (χ3n) is 3.86. The number of fused-ring (bicyclic) bond motifs is 2. The molecule has 0 spiro atoms. The zero-order valence-electron chi connectivity index (χ0n) is 12.3. The van der Waals surface area contributed by atoms with Crippen molar-refractivity contribution >= 4 is 11.5 Å². The first-order valence-electron chi connectivity index (χ1n) is 7.40. The van der Waals surface area contributed by atoms with Gasteiger partial charge in [0.2, 0.25) is 0 Å². The van der Waals surface area contributed by atoms with Gasteiger partial charge >= 0.3 is 0 Å². The van der Waals surface area contributed by atoms with Gasteiger partial charge in [-0.1, -0.05) is 54.6 Å². The Hall–Kier alpha value is -3.38. The average molecular weight is 295 g/mol. The lowest BCUT2D eigenvalue weighted by atomic mass is 10.1. The number of aromatic nitrogens is 1. The number of nitrogens with zero attached hydrogens (tertiary/aromatic N) is 2. The molecular weight excluding hydrogens is 282 g/mol. The molecule has 0 unspecified atom stereocenters. The van der Waals surface area contributed by atoms with Gasteiger partial charge < -0.3 is 5.32 Å². The highest BCUT2D eigenvalue weighted by Crippen LogP contribution is 2.34. The quantitative estimate of drug-likeness (QED) is 0.572. The van der Waals surface area contributed by atoms with E-state index in [4.69, 9.17) is 0 Å². The van der Waals surface area contributed by atoms with Crippen molar-refractivity contribution < 1.29 is 0 Å². The number of hydrogen-bond acceptors (Lipinski definition) is 3. The van der Waals surface area contributed by atoms with Gasteiger partial charge in [-0.2, -0.15) is 5.26 Å². The molecule has 3 aliphatic carbocycles. The molecule has 108 valence electrons. The fourth-order valence-corrected chi connectivity index (χ4v) is 2.78. The third kappa shape index (κ3) is 2.37. The number of anilines is 2. The molecule has 3 nitrogen and oxygen atoms in total. The predicted octanol–water partition coefficient (Wildman–Crippen LogP) is 4.91. The third-order valence-corrected chi connectivity index (χ3v) is 3.86. The molecule has 0 radical (unpaired) electrons. The lowest BCUT2D eigenvalue weighted by Gasteiger charge is -1.99. The Kier molecular flexibility index (Phi) is 3.14. The minimum atomic E-state index is 0.576. The SMILES string of the molecule is N#Cc1c2cccccc-2nc1Nc1cc2cccccc-2c1. The Morgan fingerprint density at radius 2 is 1.48 bits per heavy atom. The van der Waals surface area contributed by atoms with E-state index in [0.717, 1.165) is 28.1 Å². The summed E-state index contributed by atoms with van der Waals surface area (Å²) in [4.78, 5) is 4.57. The molecule has 4 rings (SSSR count). The highest BCUT2D eigenvalue weighted by atomic mass is 15.0. The van der Waals surface area contributed by atoms with Crippen molar-refractivity contribution in [2.75, 3.05) is 5.32 Å². The number of nitriles is 1. The highest BCUT2D eigenvalue weighted by Gasteiger charge is 2.17. The smallest absolute Gasteiger partial charge is 0.149 e. The summed E-state index contributed by atoms with van der Waals surface area (Å²) >= 11 is 0. The van der Waals surface area contributed by atoms with E-state index in [2.05, 4.69) is 40.6 Å². The Balaban J connectivity index is 1.80. The summed E-state index contributed by atoms with van der Waals surface area (Å²) in [7, 11) is 0. The summed E-state index contributed by atoms with van der Waals surface area (Å²) in [5.74, 6) is 0.605. The molecule has 0 saturated heterocycles. The molecule has 0 aromatic rings. The van der Waals surface area contributed by atoms with Crippen LogP contribution in [0, 0.1) is 11.3 Å². The van der Waals surface area contributed by atoms with Crippen molar-refractivity contribution in [3.05, 3.63) is 78.4 Å². The second kappa shape index (κ2) is 5.43. The van der Waals surface area contributed by atoms with Crippen LogP contribution in [0.15, 0.2) is 72.8 Å². The molecule has 1 N–H and O–H groups in total. The predicted molar refractivity (Wildman–Crippen MR) is 91.9 cm³/mol. The van der Waals surface area contributed by atoms with E-state index < -0.39 is 0 Å². The van der Waals surface area contributed by atoms with Gasteiger partial charge in [0.1, 0.15) is 17.5 Å². The Bertz CT molecular complexity index is 938. The van der Waals surface area contributed by atoms with Crippen molar-refractivity contribution in [1.82, 2.24) is 4.98 Å². The standard InChI is InChI=1S/C20H13N3/c21-13-18-17-9-5-2-6-10-19(17)23-20(18)22-16-11-14-7-3-1-4-8-15(14)12-16/h1-12H,(H,22,23). The molecule has 23 heavy (non-hydrogen) atoms. The molecule has 4 aliphatic rings. The van der Waals surface area contributed by atoms with Crippen LogP contribution in [0.3, 0.4) is 0 Å². The van der Waals surface area contributed by atoms with E-state index >= 15 is 0 Å². The van der Waals surface area contributed by atoms with Gasteiger partial charge in [-0.05, 0) is 29.3 Å². The zero-order chi connectivity index (χ0) is 15.6. The molecule has 0 atom stereocenters. The van der Waals surface area contributed by atoms with Crippen LogP contribution >= 0.6 is 0 Å². The molecule has 0 amide bonds. The van der Waals surface area contributed by atoms with Crippen molar-refractivity contribution in [3.63, 3.8) is 0 Å². The van der Waals surface area contributed by atoms with E-state index in [1.165, 1.54) is 0 Å². The second-order valence-corrected chi connectivity index (χ2v) is 5.35. The van der Waals surface area contributed by atoms with Crippen molar-refractivity contribution in [2.45, 2.75) is 0 Å². The normalized spacial score (nSPS) is 10.6. The summed E-state index contributed by atoms with van der Waals surface area (Å²) in [5.41, 5.74) is 5.50. The van der Waals surface area contributed by atoms with Gasteiger partial charge in [-0.3, -0.25) is 0 Å². The molecule has 0 bridgehead atoms. The van der Waals surface area contributed by atoms with Crippen molar-refractivity contribution in [3.8, 4) is 28.5 Å². The summed E-state index contributed by atoms with van der Waals surface area (Å²) < 4.78 is 0. The number of rotatable bonds is 2. The van der Waals surface area contributed by atoms with Crippen LogP contribution in [0.25, 0.3) is 22.4 Å². The maximum Gasteiger partial charge on any atom is 0.149 e. The average Bonchev–Trinajstić information content (AvgIpc) is 2.88. The Morgan fingerprint density at radius 3 is 2.17 bits per heavy atom. The van der Waals surface area contributed by atoms with Gasteiger partial charge in [-0.15, -0.1) is 0 Å². The summed E-state index contributed by atoms with van der Waals surface area (Å²) in [5, 5.41) is 12.8. The highest BCUT2D eigenvalue weighted by molar-refractivity contribution is 5.83. The van der Waals surface area contributed by atoms with Crippen molar-refractivity contribution in [2.24, 2.45) is 0 Å². The topological polar surface area (TPSA) is 48.7 Å². The first kappa shape index (κ1) is 13.3. The first-order valence-corrected chi connectivity index (χ1v) is 7.40. The van der Waals surface area contributed by atoms with E-state index in [1.54, 1.807) is 0 Å². The molecular formula is C20H13N3. The minimum Gasteiger partial charge on any atom is -0.339 e. The lowest BCUT2D eigenvalue weighted by Crippen LogP contribution is -1.90. The van der Waals surface area contributed by atoms with Crippen LogP contribution in [0.1, 0.15) is 5.56 Å². The fraction of sp³-hybridized carbons (Fsp3) is 0. The molecule has 0 fully saturated rings. The Morgan fingerprint density at radius 1 is 0.826 bits per heavy atom. The monoisotopic (exact) mass is 295 g/mol. The van der Waals surface area contributed by atoms with Gasteiger partial charge in [-0.25, -0.2) is 4.98 Å². The van der Waals surface area contributed by atoms with Crippen LogP contribution in [0.2, 0.25) is 0 Å². The van der Waals surface area contributed by atoms with E-state index in [0.29, 0.717) is 11.4 Å². The second-order valence-electron chi connectivity index (χ2n) is 5.35. The van der Waals surface area contributed by atoms with Crippen LogP contribution in [0.5, 0.6) is 0 Å². The van der Waals surface area contributed by atoms with Crippen molar-refractivity contribution in [1.29, 1.82) is 5.26 Å². The van der Waals surface area contributed by atoms with Crippen LogP contribution in [0.4, 0.5) is 11.5 Å². The summed E-state index contributed by atoms with van der Waals surface area (Å²) in [6, 6.07) is 26.2. The molecule has 0 saturated carbocycles. The van der Waals surface area contributed by atoms with E-state index in [-0.39, 0.29) is 0 Å². The minimum absolute atomic E-state index is 0.576. The molecule has 3 heteroatoms. The number of nitrogens with one attached hydrogen (secondary N) is 1. The lowest BCUT2D eigenvalue weighted by molar-refractivity contribution is 1.38. The number of hydrogen-bond donors (Lipinski definition) is 1.